The highest BCUT2D eigenvalue weighted by Gasteiger charge is 2.27. The summed E-state index contributed by atoms with van der Waals surface area (Å²) < 4.78 is 54.3. The largest absolute Gasteiger partial charge is 0.345 e. The second-order valence-electron chi connectivity index (χ2n) is 5.11. The SMILES string of the molecule is O=S1(=O)N=CNc2ccc(S(=O)(=O)NC3CCCC3)cc21. The summed E-state index contributed by atoms with van der Waals surface area (Å²) in [5.74, 6) is 0. The van der Waals surface area contributed by atoms with Crippen LogP contribution < -0.4 is 10.0 Å². The Morgan fingerprint density at radius 3 is 2.67 bits per heavy atom. The molecular formula is C12H15N3O4S2. The number of hydrogen-bond acceptors (Lipinski definition) is 5. The Bertz CT molecular complexity index is 794. The fraction of sp³-hybridized carbons (Fsp3) is 0.417. The molecule has 3 rings (SSSR count). The van der Waals surface area contributed by atoms with Crippen LogP contribution in [0.5, 0.6) is 0 Å². The van der Waals surface area contributed by atoms with Crippen LogP contribution in [0.3, 0.4) is 0 Å². The molecule has 0 saturated heterocycles. The summed E-state index contributed by atoms with van der Waals surface area (Å²) >= 11 is 0. The van der Waals surface area contributed by atoms with Gasteiger partial charge >= 0.3 is 0 Å². The second kappa shape index (κ2) is 5.08. The molecule has 1 aliphatic carbocycles. The van der Waals surface area contributed by atoms with Crippen molar-refractivity contribution in [3.8, 4) is 0 Å². The molecule has 0 radical (unpaired) electrons. The molecule has 1 aromatic rings. The minimum atomic E-state index is -3.84. The monoisotopic (exact) mass is 329 g/mol. The van der Waals surface area contributed by atoms with Gasteiger partial charge in [0.25, 0.3) is 10.0 Å². The van der Waals surface area contributed by atoms with E-state index >= 15 is 0 Å². The Kier molecular flexibility index (Phi) is 3.50. The lowest BCUT2D eigenvalue weighted by Gasteiger charge is -2.16. The standard InChI is InChI=1S/C12H15N3O4S2/c16-20(17,15-9-3-1-2-4-9)10-5-6-11-12(7-10)21(18,19)14-8-13-11/h5-9,15H,1-4H2,(H,13,14). The molecule has 0 atom stereocenters. The smallest absolute Gasteiger partial charge is 0.285 e. The van der Waals surface area contributed by atoms with Crippen LogP contribution in [-0.4, -0.2) is 29.2 Å². The number of benzene rings is 1. The Balaban J connectivity index is 1.97. The van der Waals surface area contributed by atoms with Crippen molar-refractivity contribution in [1.82, 2.24) is 4.72 Å². The van der Waals surface area contributed by atoms with Crippen molar-refractivity contribution < 1.29 is 16.8 Å². The van der Waals surface area contributed by atoms with E-state index in [0.29, 0.717) is 5.69 Å². The second-order valence-corrected chi connectivity index (χ2v) is 8.43. The fourth-order valence-electron chi connectivity index (χ4n) is 2.56. The number of sulfonamides is 2. The highest BCUT2D eigenvalue weighted by molar-refractivity contribution is 7.91. The molecule has 1 heterocycles. The first kappa shape index (κ1) is 14.5. The van der Waals surface area contributed by atoms with E-state index in [1.807, 2.05) is 0 Å². The first-order valence-electron chi connectivity index (χ1n) is 6.60. The summed E-state index contributed by atoms with van der Waals surface area (Å²) in [6.45, 7) is 0. The van der Waals surface area contributed by atoms with Gasteiger partial charge in [0.2, 0.25) is 10.0 Å². The zero-order valence-corrected chi connectivity index (χ0v) is 12.7. The van der Waals surface area contributed by atoms with E-state index in [1.165, 1.54) is 12.1 Å². The predicted octanol–water partition coefficient (Wildman–Crippen LogP) is 1.05. The normalized spacial score (nSPS) is 21.0. The molecule has 114 valence electrons. The Hall–Kier alpha value is -1.45. The van der Waals surface area contributed by atoms with Crippen molar-refractivity contribution in [2.45, 2.75) is 41.5 Å². The quantitative estimate of drug-likeness (QED) is 0.862. The fourth-order valence-corrected chi connectivity index (χ4v) is 4.95. The van der Waals surface area contributed by atoms with E-state index in [9.17, 15) is 16.8 Å². The van der Waals surface area contributed by atoms with Gasteiger partial charge in [-0.25, -0.2) is 13.1 Å². The molecule has 2 aliphatic rings. The summed E-state index contributed by atoms with van der Waals surface area (Å²) in [5.41, 5.74) is 0.324. The van der Waals surface area contributed by atoms with Gasteiger partial charge in [-0.15, -0.1) is 4.40 Å². The topological polar surface area (TPSA) is 105 Å². The third-order valence-corrected chi connectivity index (χ3v) is 6.42. The van der Waals surface area contributed by atoms with Crippen molar-refractivity contribution in [2.75, 3.05) is 5.32 Å². The summed E-state index contributed by atoms with van der Waals surface area (Å²) in [6, 6.07) is 3.89. The molecule has 1 fully saturated rings. The molecule has 9 heteroatoms. The minimum absolute atomic E-state index is 0.0596. The number of hydrogen-bond donors (Lipinski definition) is 2. The van der Waals surface area contributed by atoms with Gasteiger partial charge in [-0.2, -0.15) is 8.42 Å². The van der Waals surface area contributed by atoms with Crippen molar-refractivity contribution >= 4 is 32.1 Å². The van der Waals surface area contributed by atoms with E-state index in [1.54, 1.807) is 0 Å². The highest BCUT2D eigenvalue weighted by atomic mass is 32.2. The lowest BCUT2D eigenvalue weighted by molar-refractivity contribution is 0.552. The van der Waals surface area contributed by atoms with Gasteiger partial charge in [-0.05, 0) is 31.0 Å². The van der Waals surface area contributed by atoms with Crippen LogP contribution in [-0.2, 0) is 20.0 Å². The van der Waals surface area contributed by atoms with Crippen LogP contribution in [0, 0.1) is 0 Å². The van der Waals surface area contributed by atoms with E-state index < -0.39 is 20.0 Å². The van der Waals surface area contributed by atoms with Gasteiger partial charge in [-0.1, -0.05) is 12.8 Å². The van der Waals surface area contributed by atoms with Gasteiger partial charge in [0.1, 0.15) is 11.2 Å². The molecule has 2 N–H and O–H groups in total. The van der Waals surface area contributed by atoms with Crippen LogP contribution in [0.15, 0.2) is 32.4 Å². The predicted molar refractivity (Wildman–Crippen MR) is 78.3 cm³/mol. The average Bonchev–Trinajstić information content (AvgIpc) is 2.90. The maximum Gasteiger partial charge on any atom is 0.285 e. The molecule has 1 saturated carbocycles. The van der Waals surface area contributed by atoms with Crippen LogP contribution in [0.2, 0.25) is 0 Å². The first-order chi connectivity index (χ1) is 9.88. The molecule has 0 unspecified atom stereocenters. The van der Waals surface area contributed by atoms with E-state index in [0.717, 1.165) is 38.1 Å². The van der Waals surface area contributed by atoms with Crippen molar-refractivity contribution in [2.24, 2.45) is 4.40 Å². The zero-order valence-electron chi connectivity index (χ0n) is 11.1. The average molecular weight is 329 g/mol. The summed E-state index contributed by atoms with van der Waals surface area (Å²) in [5, 5.41) is 2.68. The zero-order chi connectivity index (χ0) is 15.1. The van der Waals surface area contributed by atoms with Gasteiger partial charge in [-0.3, -0.25) is 0 Å². The molecule has 0 spiro atoms. The number of fused-ring (bicyclic) bond motifs is 1. The molecule has 0 bridgehead atoms. The van der Waals surface area contributed by atoms with E-state index in [-0.39, 0.29) is 15.8 Å². The molecule has 0 aromatic heterocycles. The summed E-state index contributed by atoms with van der Waals surface area (Å²) in [7, 11) is -7.56. The maximum absolute atomic E-state index is 12.3. The Morgan fingerprint density at radius 1 is 1.24 bits per heavy atom. The molecule has 21 heavy (non-hydrogen) atoms. The maximum atomic E-state index is 12.3. The van der Waals surface area contributed by atoms with E-state index in [4.69, 9.17) is 0 Å². The third-order valence-electron chi connectivity index (χ3n) is 3.63. The summed E-state index contributed by atoms with van der Waals surface area (Å²) in [4.78, 5) is -0.185. The van der Waals surface area contributed by atoms with Crippen molar-refractivity contribution in [3.05, 3.63) is 18.2 Å². The lowest BCUT2D eigenvalue weighted by atomic mass is 10.3. The van der Waals surface area contributed by atoms with Crippen LogP contribution >= 0.6 is 0 Å². The van der Waals surface area contributed by atoms with Crippen LogP contribution in [0.25, 0.3) is 0 Å². The minimum Gasteiger partial charge on any atom is -0.345 e. The summed E-state index contributed by atoms with van der Waals surface area (Å²) in [6.07, 6.45) is 4.71. The van der Waals surface area contributed by atoms with E-state index in [2.05, 4.69) is 14.4 Å². The molecule has 1 aliphatic heterocycles. The molecule has 7 nitrogen and oxygen atoms in total. The van der Waals surface area contributed by atoms with Gasteiger partial charge in [0.15, 0.2) is 0 Å². The lowest BCUT2D eigenvalue weighted by Crippen LogP contribution is -2.32. The number of rotatable bonds is 3. The Labute approximate surface area is 123 Å². The number of nitrogens with zero attached hydrogens (tertiary/aromatic N) is 1. The van der Waals surface area contributed by atoms with Crippen molar-refractivity contribution in [1.29, 1.82) is 0 Å². The molecule has 0 amide bonds. The molecule has 1 aromatic carbocycles. The van der Waals surface area contributed by atoms with Gasteiger partial charge in [0, 0.05) is 6.04 Å². The number of nitrogens with one attached hydrogen (secondary N) is 2. The Morgan fingerprint density at radius 2 is 1.95 bits per heavy atom. The van der Waals surface area contributed by atoms with Crippen molar-refractivity contribution in [3.63, 3.8) is 0 Å². The first-order valence-corrected chi connectivity index (χ1v) is 9.52. The van der Waals surface area contributed by atoms with Crippen LogP contribution in [0.4, 0.5) is 5.69 Å². The van der Waals surface area contributed by atoms with Crippen LogP contribution in [0.1, 0.15) is 25.7 Å². The van der Waals surface area contributed by atoms with Gasteiger partial charge < -0.3 is 5.32 Å². The highest BCUT2D eigenvalue weighted by Crippen LogP contribution is 2.29. The van der Waals surface area contributed by atoms with Gasteiger partial charge in [0.05, 0.1) is 10.6 Å². The molecular weight excluding hydrogens is 314 g/mol. The third kappa shape index (κ3) is 2.81. The number of anilines is 1.